The van der Waals surface area contributed by atoms with Gasteiger partial charge < -0.3 is 24.6 Å². The van der Waals surface area contributed by atoms with Gasteiger partial charge in [0.2, 0.25) is 6.29 Å². The van der Waals surface area contributed by atoms with Crippen molar-refractivity contribution < 1.29 is 24.1 Å². The minimum Gasteiger partial charge on any atom is -0.459 e. The maximum atomic E-state index is 12.6. The lowest BCUT2D eigenvalue weighted by Gasteiger charge is -2.35. The average molecular weight is 404 g/mol. The van der Waals surface area contributed by atoms with Crippen LogP contribution < -0.4 is 5.32 Å². The first-order valence-electron chi connectivity index (χ1n) is 10.7. The van der Waals surface area contributed by atoms with E-state index in [9.17, 15) is 9.90 Å². The van der Waals surface area contributed by atoms with Crippen LogP contribution in [-0.4, -0.2) is 37.6 Å². The minimum absolute atomic E-state index is 0.0300. The first-order chi connectivity index (χ1) is 14.2. The molecule has 1 heterocycles. The van der Waals surface area contributed by atoms with Crippen molar-refractivity contribution >= 4 is 5.91 Å². The van der Waals surface area contributed by atoms with Crippen molar-refractivity contribution in [2.24, 2.45) is 11.8 Å². The van der Waals surface area contributed by atoms with Gasteiger partial charge in [-0.1, -0.05) is 43.5 Å². The summed E-state index contributed by atoms with van der Waals surface area (Å²) in [7, 11) is 1.61. The van der Waals surface area contributed by atoms with E-state index in [0.717, 1.165) is 17.5 Å². The third-order valence-corrected chi connectivity index (χ3v) is 5.80. The molecule has 2 aliphatic rings. The molecule has 2 atom stereocenters. The third kappa shape index (κ3) is 6.56. The van der Waals surface area contributed by atoms with E-state index < -0.39 is 6.29 Å². The number of ether oxygens (including phenoxy) is 3. The Kier molecular flexibility index (Phi) is 8.52. The number of rotatable bonds is 9. The monoisotopic (exact) mass is 403 g/mol. The van der Waals surface area contributed by atoms with Crippen molar-refractivity contribution in [2.45, 2.75) is 58.0 Å². The number of benzene rings is 1. The molecule has 1 amide bonds. The van der Waals surface area contributed by atoms with Crippen molar-refractivity contribution in [3.8, 4) is 0 Å². The summed E-state index contributed by atoms with van der Waals surface area (Å²) in [6.07, 6.45) is 8.57. The molecule has 29 heavy (non-hydrogen) atoms. The van der Waals surface area contributed by atoms with Gasteiger partial charge in [-0.2, -0.15) is 0 Å². The molecule has 0 radical (unpaired) electrons. The molecule has 0 bridgehead atoms. The van der Waals surface area contributed by atoms with Crippen LogP contribution in [0.5, 0.6) is 0 Å². The quantitative estimate of drug-likeness (QED) is 0.619. The van der Waals surface area contributed by atoms with Crippen molar-refractivity contribution in [2.75, 3.05) is 20.3 Å². The van der Waals surface area contributed by atoms with E-state index in [1.54, 1.807) is 7.11 Å². The Balaban J connectivity index is 1.63. The smallest absolute Gasteiger partial charge is 0.286 e. The molecule has 160 valence electrons. The van der Waals surface area contributed by atoms with E-state index in [0.29, 0.717) is 37.4 Å². The molecule has 3 rings (SSSR count). The van der Waals surface area contributed by atoms with Crippen LogP contribution in [0, 0.1) is 11.8 Å². The maximum Gasteiger partial charge on any atom is 0.286 e. The minimum atomic E-state index is -0.437. The number of nitrogens with one attached hydrogen (secondary N) is 1. The number of aliphatic hydroxyl groups is 1. The molecule has 6 heteroatoms. The fourth-order valence-electron chi connectivity index (χ4n) is 4.12. The SMILES string of the molecule is COCCNC(=O)C1=C[C@@H](C2CCCCC2)C[C@@H](OCc2ccc(CO)cc2)O1. The van der Waals surface area contributed by atoms with Crippen molar-refractivity contribution in [3.05, 3.63) is 47.2 Å². The van der Waals surface area contributed by atoms with Gasteiger partial charge in [-0.25, -0.2) is 0 Å². The largest absolute Gasteiger partial charge is 0.459 e. The summed E-state index contributed by atoms with van der Waals surface area (Å²) < 4.78 is 17.0. The number of amides is 1. The summed E-state index contributed by atoms with van der Waals surface area (Å²) in [4.78, 5) is 12.6. The summed E-state index contributed by atoms with van der Waals surface area (Å²) >= 11 is 0. The molecule has 1 aromatic rings. The molecular weight excluding hydrogens is 370 g/mol. The first-order valence-corrected chi connectivity index (χ1v) is 10.7. The van der Waals surface area contributed by atoms with Gasteiger partial charge in [0.1, 0.15) is 0 Å². The maximum absolute atomic E-state index is 12.6. The Bertz CT molecular complexity index is 666. The average Bonchev–Trinajstić information content (AvgIpc) is 2.78. The number of aliphatic hydroxyl groups excluding tert-OH is 1. The van der Waals surface area contributed by atoms with E-state index in [1.165, 1.54) is 32.1 Å². The van der Waals surface area contributed by atoms with Crippen LogP contribution in [0.2, 0.25) is 0 Å². The lowest BCUT2D eigenvalue weighted by atomic mass is 9.77. The van der Waals surface area contributed by atoms with Crippen molar-refractivity contribution in [1.29, 1.82) is 0 Å². The van der Waals surface area contributed by atoms with Gasteiger partial charge in [0.15, 0.2) is 5.76 Å². The molecule has 0 aromatic heterocycles. The number of hydrogen-bond donors (Lipinski definition) is 2. The Labute approximate surface area is 173 Å². The zero-order valence-corrected chi connectivity index (χ0v) is 17.3. The highest BCUT2D eigenvalue weighted by molar-refractivity contribution is 5.91. The van der Waals surface area contributed by atoms with E-state index in [2.05, 4.69) is 5.32 Å². The van der Waals surface area contributed by atoms with Gasteiger partial charge >= 0.3 is 0 Å². The second-order valence-electron chi connectivity index (χ2n) is 7.91. The molecule has 0 spiro atoms. The van der Waals surface area contributed by atoms with E-state index in [1.807, 2.05) is 30.3 Å². The molecule has 1 aromatic carbocycles. The Morgan fingerprint density at radius 2 is 1.90 bits per heavy atom. The zero-order valence-electron chi connectivity index (χ0n) is 17.3. The predicted octanol–water partition coefficient (Wildman–Crippen LogP) is 3.28. The van der Waals surface area contributed by atoms with Gasteiger partial charge in [-0.15, -0.1) is 0 Å². The summed E-state index contributed by atoms with van der Waals surface area (Å²) in [6.45, 7) is 1.36. The zero-order chi connectivity index (χ0) is 20.5. The molecule has 0 unspecified atom stereocenters. The van der Waals surface area contributed by atoms with Gasteiger partial charge in [-0.3, -0.25) is 4.79 Å². The van der Waals surface area contributed by atoms with Crippen LogP contribution >= 0.6 is 0 Å². The number of carbonyl (C=O) groups excluding carboxylic acids is 1. The van der Waals surface area contributed by atoms with E-state index >= 15 is 0 Å². The Hall–Kier alpha value is -1.89. The highest BCUT2D eigenvalue weighted by atomic mass is 16.7. The molecule has 1 aliphatic heterocycles. The highest BCUT2D eigenvalue weighted by Crippen LogP contribution is 2.37. The van der Waals surface area contributed by atoms with Crippen molar-refractivity contribution in [3.63, 3.8) is 0 Å². The second-order valence-corrected chi connectivity index (χ2v) is 7.91. The molecule has 6 nitrogen and oxygen atoms in total. The van der Waals surface area contributed by atoms with Gasteiger partial charge in [0.25, 0.3) is 5.91 Å². The summed E-state index contributed by atoms with van der Waals surface area (Å²) in [5, 5.41) is 12.0. The molecule has 2 N–H and O–H groups in total. The summed E-state index contributed by atoms with van der Waals surface area (Å²) in [5.41, 5.74) is 1.89. The molecule has 1 aliphatic carbocycles. The van der Waals surface area contributed by atoms with Crippen LogP contribution in [0.25, 0.3) is 0 Å². The molecule has 1 fully saturated rings. The van der Waals surface area contributed by atoms with Crippen LogP contribution in [0.1, 0.15) is 49.7 Å². The number of carbonyl (C=O) groups is 1. The number of hydrogen-bond acceptors (Lipinski definition) is 5. The lowest BCUT2D eigenvalue weighted by molar-refractivity contribution is -0.156. The fraction of sp³-hybridized carbons (Fsp3) is 0.609. The van der Waals surface area contributed by atoms with Crippen LogP contribution in [0.3, 0.4) is 0 Å². The van der Waals surface area contributed by atoms with E-state index in [4.69, 9.17) is 14.2 Å². The summed E-state index contributed by atoms with van der Waals surface area (Å²) in [5.74, 6) is 1.05. The Morgan fingerprint density at radius 3 is 2.59 bits per heavy atom. The van der Waals surface area contributed by atoms with Gasteiger partial charge in [0.05, 0.1) is 19.8 Å². The standard InChI is InChI=1S/C23H33NO5/c1-27-12-11-24-23(26)21-13-20(19-5-3-2-4-6-19)14-22(29-21)28-16-18-9-7-17(15-25)8-10-18/h7-10,13,19-20,22,25H,2-6,11-12,14-16H2,1H3,(H,24,26)/t20-,22+/m1/s1. The molecular formula is C23H33NO5. The number of allylic oxidation sites excluding steroid dienone is 1. The first kappa shape index (κ1) is 21.8. The fourth-order valence-corrected chi connectivity index (χ4v) is 4.12. The second kappa shape index (κ2) is 11.3. The van der Waals surface area contributed by atoms with Crippen LogP contribution in [0.4, 0.5) is 0 Å². The highest BCUT2D eigenvalue weighted by Gasteiger charge is 2.32. The van der Waals surface area contributed by atoms with Crippen molar-refractivity contribution in [1.82, 2.24) is 5.32 Å². The third-order valence-electron chi connectivity index (χ3n) is 5.80. The normalized spacial score (nSPS) is 22.6. The molecule has 0 saturated heterocycles. The molecule has 1 saturated carbocycles. The van der Waals surface area contributed by atoms with Gasteiger partial charge in [-0.05, 0) is 41.9 Å². The predicted molar refractivity (Wildman–Crippen MR) is 110 cm³/mol. The van der Waals surface area contributed by atoms with Crippen LogP contribution in [0.15, 0.2) is 36.1 Å². The Morgan fingerprint density at radius 1 is 1.17 bits per heavy atom. The van der Waals surface area contributed by atoms with Crippen LogP contribution in [-0.2, 0) is 32.2 Å². The lowest BCUT2D eigenvalue weighted by Crippen LogP contribution is -2.36. The number of methoxy groups -OCH3 is 1. The van der Waals surface area contributed by atoms with Gasteiger partial charge in [0, 0.05) is 20.1 Å². The summed E-state index contributed by atoms with van der Waals surface area (Å²) in [6, 6.07) is 7.67. The van der Waals surface area contributed by atoms with E-state index in [-0.39, 0.29) is 12.5 Å². The topological polar surface area (TPSA) is 77.0 Å².